The van der Waals surface area contributed by atoms with E-state index in [-0.39, 0.29) is 11.5 Å². The van der Waals surface area contributed by atoms with E-state index in [1.54, 1.807) is 11.0 Å². The average Bonchev–Trinajstić information content (AvgIpc) is 2.59. The zero-order valence-corrected chi connectivity index (χ0v) is 14.3. The van der Waals surface area contributed by atoms with Gasteiger partial charge in [-0.3, -0.25) is 9.69 Å². The molecular formula is C17H22ClN5O. The molecule has 1 aliphatic heterocycles. The highest BCUT2D eigenvalue weighted by Gasteiger charge is 2.23. The van der Waals surface area contributed by atoms with Crippen molar-refractivity contribution < 1.29 is 4.79 Å². The van der Waals surface area contributed by atoms with E-state index in [1.165, 1.54) is 6.20 Å². The van der Waals surface area contributed by atoms with Gasteiger partial charge in [0.15, 0.2) is 0 Å². The van der Waals surface area contributed by atoms with E-state index in [1.807, 2.05) is 24.3 Å². The standard InChI is InChI=1S/C17H22ClN5O/c18-16-3-1-2-14(10-16)12-21-13-15(11-20)17(24)23-8-6-22(5-4-19)7-9-23/h1-3,10,13,21H,4-9,12,19H2/b15-13-. The van der Waals surface area contributed by atoms with E-state index in [9.17, 15) is 10.1 Å². The van der Waals surface area contributed by atoms with Crippen LogP contribution in [0.15, 0.2) is 36.0 Å². The van der Waals surface area contributed by atoms with Crippen molar-refractivity contribution in [3.8, 4) is 6.07 Å². The monoisotopic (exact) mass is 347 g/mol. The number of hydrogen-bond donors (Lipinski definition) is 2. The van der Waals surface area contributed by atoms with Crippen molar-refractivity contribution in [2.45, 2.75) is 6.54 Å². The highest BCUT2D eigenvalue weighted by atomic mass is 35.5. The summed E-state index contributed by atoms with van der Waals surface area (Å²) in [6, 6.07) is 9.41. The molecule has 24 heavy (non-hydrogen) atoms. The first-order valence-corrected chi connectivity index (χ1v) is 8.31. The summed E-state index contributed by atoms with van der Waals surface area (Å²) in [6.07, 6.45) is 1.48. The number of rotatable bonds is 6. The van der Waals surface area contributed by atoms with Crippen molar-refractivity contribution in [1.29, 1.82) is 5.26 Å². The van der Waals surface area contributed by atoms with Gasteiger partial charge in [-0.05, 0) is 17.7 Å². The van der Waals surface area contributed by atoms with E-state index in [0.29, 0.717) is 31.2 Å². The number of benzene rings is 1. The van der Waals surface area contributed by atoms with Crippen LogP contribution in [0.1, 0.15) is 5.56 Å². The zero-order chi connectivity index (χ0) is 17.4. The Labute approximate surface area is 147 Å². The van der Waals surface area contributed by atoms with E-state index >= 15 is 0 Å². The van der Waals surface area contributed by atoms with Crippen molar-refractivity contribution >= 4 is 17.5 Å². The predicted molar refractivity (Wildman–Crippen MR) is 94.1 cm³/mol. The van der Waals surface area contributed by atoms with Gasteiger partial charge in [0.2, 0.25) is 0 Å². The third-order valence-corrected chi connectivity index (χ3v) is 4.13. The van der Waals surface area contributed by atoms with Crippen molar-refractivity contribution in [2.75, 3.05) is 39.3 Å². The minimum Gasteiger partial charge on any atom is -0.386 e. The maximum Gasteiger partial charge on any atom is 0.266 e. The van der Waals surface area contributed by atoms with Crippen molar-refractivity contribution in [3.63, 3.8) is 0 Å². The first-order chi connectivity index (χ1) is 11.6. The number of piperazine rings is 1. The Morgan fingerprint density at radius 2 is 2.12 bits per heavy atom. The number of nitrogens with one attached hydrogen (secondary N) is 1. The summed E-state index contributed by atoms with van der Waals surface area (Å²) >= 11 is 5.93. The molecule has 0 aliphatic carbocycles. The molecule has 1 heterocycles. The number of carbonyl (C=O) groups excluding carboxylic acids is 1. The molecule has 0 saturated carbocycles. The van der Waals surface area contributed by atoms with Gasteiger partial charge in [-0.1, -0.05) is 23.7 Å². The van der Waals surface area contributed by atoms with Gasteiger partial charge in [0.05, 0.1) is 0 Å². The lowest BCUT2D eigenvalue weighted by Crippen LogP contribution is -2.50. The van der Waals surface area contributed by atoms with Crippen molar-refractivity contribution in [1.82, 2.24) is 15.1 Å². The lowest BCUT2D eigenvalue weighted by Gasteiger charge is -2.34. The molecular weight excluding hydrogens is 326 g/mol. The molecule has 0 atom stereocenters. The largest absolute Gasteiger partial charge is 0.386 e. The van der Waals surface area contributed by atoms with Crippen molar-refractivity contribution in [2.24, 2.45) is 5.73 Å². The van der Waals surface area contributed by atoms with Crippen LogP contribution in [0.4, 0.5) is 0 Å². The predicted octanol–water partition coefficient (Wildman–Crippen LogP) is 0.940. The van der Waals surface area contributed by atoms with E-state index in [0.717, 1.165) is 25.2 Å². The molecule has 7 heteroatoms. The van der Waals surface area contributed by atoms with Crippen LogP contribution in [-0.2, 0) is 11.3 Å². The third-order valence-electron chi connectivity index (χ3n) is 3.90. The van der Waals surface area contributed by atoms with Gasteiger partial charge in [-0.25, -0.2) is 0 Å². The van der Waals surface area contributed by atoms with E-state index in [2.05, 4.69) is 10.2 Å². The lowest BCUT2D eigenvalue weighted by molar-refractivity contribution is -0.128. The Kier molecular flexibility index (Phi) is 7.07. The average molecular weight is 348 g/mol. The minimum atomic E-state index is -0.233. The van der Waals surface area contributed by atoms with E-state index < -0.39 is 0 Å². The van der Waals surface area contributed by atoms with Gasteiger partial charge in [-0.15, -0.1) is 0 Å². The Morgan fingerprint density at radius 1 is 1.38 bits per heavy atom. The number of hydrogen-bond acceptors (Lipinski definition) is 5. The van der Waals surface area contributed by atoms with Crippen LogP contribution in [-0.4, -0.2) is 55.0 Å². The summed E-state index contributed by atoms with van der Waals surface area (Å²) in [5.41, 5.74) is 6.64. The maximum absolute atomic E-state index is 12.4. The van der Waals surface area contributed by atoms with Crippen LogP contribution in [0.2, 0.25) is 5.02 Å². The molecule has 1 aromatic carbocycles. The van der Waals surface area contributed by atoms with Crippen LogP contribution in [0, 0.1) is 11.3 Å². The fourth-order valence-electron chi connectivity index (χ4n) is 2.59. The summed E-state index contributed by atoms with van der Waals surface area (Å²) in [4.78, 5) is 16.4. The van der Waals surface area contributed by atoms with Crippen LogP contribution >= 0.6 is 11.6 Å². The maximum atomic E-state index is 12.4. The van der Waals surface area contributed by atoms with Gasteiger partial charge >= 0.3 is 0 Å². The second kappa shape index (κ2) is 9.28. The summed E-state index contributed by atoms with van der Waals surface area (Å²) in [5.74, 6) is -0.233. The molecule has 0 spiro atoms. The summed E-state index contributed by atoms with van der Waals surface area (Å²) in [6.45, 7) is 4.77. The van der Waals surface area contributed by atoms with E-state index in [4.69, 9.17) is 17.3 Å². The summed E-state index contributed by atoms with van der Waals surface area (Å²) in [7, 11) is 0. The molecule has 6 nitrogen and oxygen atoms in total. The smallest absolute Gasteiger partial charge is 0.266 e. The topological polar surface area (TPSA) is 85.4 Å². The fraction of sp³-hybridized carbons (Fsp3) is 0.412. The third kappa shape index (κ3) is 5.24. The molecule has 1 aliphatic rings. The van der Waals surface area contributed by atoms with Gasteiger partial charge in [0, 0.05) is 57.0 Å². The number of amides is 1. The highest BCUT2D eigenvalue weighted by molar-refractivity contribution is 6.30. The molecule has 1 fully saturated rings. The van der Waals surface area contributed by atoms with Crippen LogP contribution in [0.5, 0.6) is 0 Å². The lowest BCUT2D eigenvalue weighted by atomic mass is 10.2. The molecule has 0 radical (unpaired) electrons. The van der Waals surface area contributed by atoms with Crippen molar-refractivity contribution in [3.05, 3.63) is 46.6 Å². The molecule has 3 N–H and O–H groups in total. The van der Waals surface area contributed by atoms with Crippen LogP contribution < -0.4 is 11.1 Å². The number of nitrogens with two attached hydrogens (primary N) is 1. The summed E-state index contributed by atoms with van der Waals surface area (Å²) < 4.78 is 0. The Hall–Kier alpha value is -2.07. The fourth-order valence-corrected chi connectivity index (χ4v) is 2.80. The second-order valence-corrected chi connectivity index (χ2v) is 6.04. The van der Waals surface area contributed by atoms with Gasteiger partial charge in [0.25, 0.3) is 5.91 Å². The normalized spacial score (nSPS) is 15.9. The number of halogens is 1. The molecule has 2 rings (SSSR count). The van der Waals surface area contributed by atoms with Gasteiger partial charge in [0.1, 0.15) is 11.6 Å². The minimum absolute atomic E-state index is 0.115. The quantitative estimate of drug-likeness (QED) is 0.591. The Balaban J connectivity index is 1.88. The SMILES string of the molecule is N#C/C(=C/NCc1cccc(Cl)c1)C(=O)N1CCN(CCN)CC1. The molecule has 0 aromatic heterocycles. The first-order valence-electron chi connectivity index (χ1n) is 7.94. The molecule has 0 bridgehead atoms. The van der Waals surface area contributed by atoms with Gasteiger partial charge in [-0.2, -0.15) is 5.26 Å². The number of nitrogens with zero attached hydrogens (tertiary/aromatic N) is 3. The molecule has 128 valence electrons. The number of carbonyl (C=O) groups is 1. The number of nitriles is 1. The molecule has 1 saturated heterocycles. The van der Waals surface area contributed by atoms with Crippen LogP contribution in [0.25, 0.3) is 0 Å². The van der Waals surface area contributed by atoms with Gasteiger partial charge < -0.3 is 16.0 Å². The second-order valence-electron chi connectivity index (χ2n) is 5.60. The van der Waals surface area contributed by atoms with Crippen LogP contribution in [0.3, 0.4) is 0 Å². The molecule has 1 amide bonds. The highest BCUT2D eigenvalue weighted by Crippen LogP contribution is 2.11. The summed E-state index contributed by atoms with van der Waals surface area (Å²) in [5, 5.41) is 12.9. The zero-order valence-electron chi connectivity index (χ0n) is 13.5. The Bertz CT molecular complexity index is 632. The molecule has 0 unspecified atom stereocenters. The Morgan fingerprint density at radius 3 is 2.75 bits per heavy atom. The first kappa shape index (κ1) is 18.3. The molecule has 1 aromatic rings.